The molecule has 224 valence electrons. The van der Waals surface area contributed by atoms with E-state index in [-0.39, 0.29) is 17.5 Å². The first-order chi connectivity index (χ1) is 21.0. The lowest BCUT2D eigenvalue weighted by atomic mass is 10.0. The number of nitrogens with zero attached hydrogens (tertiary/aromatic N) is 2. The molecule has 0 aliphatic rings. The van der Waals surface area contributed by atoms with Gasteiger partial charge in [0.1, 0.15) is 6.29 Å². The quantitative estimate of drug-likeness (QED) is 0.0442. The summed E-state index contributed by atoms with van der Waals surface area (Å²) in [5.74, 6) is -0.397. The fourth-order valence-corrected chi connectivity index (χ4v) is 4.97. The van der Waals surface area contributed by atoms with Gasteiger partial charge in [-0.25, -0.2) is 4.98 Å². The van der Waals surface area contributed by atoms with Crippen molar-refractivity contribution in [2.24, 2.45) is 0 Å². The first-order valence-corrected chi connectivity index (χ1v) is 14.8. The largest absolute Gasteiger partial charge is 0.384 e. The summed E-state index contributed by atoms with van der Waals surface area (Å²) >= 11 is 0. The maximum atomic E-state index is 13.1. The number of rotatable bonds is 17. The molecule has 0 saturated carbocycles. The van der Waals surface area contributed by atoms with Crippen LogP contribution in [0.4, 0.5) is 11.4 Å². The molecule has 0 radical (unpaired) electrons. The summed E-state index contributed by atoms with van der Waals surface area (Å²) in [5, 5.41) is 22.1. The molecular formula is C33H37N5O5. The summed E-state index contributed by atoms with van der Waals surface area (Å²) < 4.78 is 0. The molecule has 1 aromatic heterocycles. The molecule has 3 N–H and O–H groups in total. The average Bonchev–Trinajstić information content (AvgIpc) is 3.03. The zero-order valence-corrected chi connectivity index (χ0v) is 24.1. The second kappa shape index (κ2) is 16.0. The van der Waals surface area contributed by atoms with Crippen LogP contribution in [-0.2, 0) is 4.79 Å². The molecule has 43 heavy (non-hydrogen) atoms. The number of hydrogen-bond donors (Lipinski definition) is 3. The fourth-order valence-electron chi connectivity index (χ4n) is 4.97. The summed E-state index contributed by atoms with van der Waals surface area (Å²) in [6.07, 6.45) is 7.69. The van der Waals surface area contributed by atoms with E-state index in [0.717, 1.165) is 79.8 Å². The molecule has 4 aromatic rings. The molecule has 10 heteroatoms. The normalized spacial score (nSPS) is 10.9. The number of fused-ring (bicyclic) bond motifs is 2. The molecule has 0 spiro atoms. The molecule has 0 atom stereocenters. The van der Waals surface area contributed by atoms with Crippen molar-refractivity contribution >= 4 is 51.3 Å². The van der Waals surface area contributed by atoms with E-state index >= 15 is 0 Å². The Morgan fingerprint density at radius 2 is 1.40 bits per heavy atom. The molecule has 10 nitrogen and oxygen atoms in total. The number of benzene rings is 3. The first-order valence-electron chi connectivity index (χ1n) is 14.8. The average molecular weight is 584 g/mol. The smallest absolute Gasteiger partial charge is 0.269 e. The second-order valence-electron chi connectivity index (χ2n) is 10.4. The predicted octanol–water partition coefficient (Wildman–Crippen LogP) is 6.19. The number of amides is 2. The monoisotopic (exact) mass is 583 g/mol. The maximum absolute atomic E-state index is 13.1. The Kier molecular flexibility index (Phi) is 11.5. The number of carbonyl (C=O) groups is 3. The van der Waals surface area contributed by atoms with Crippen LogP contribution in [0, 0.1) is 10.1 Å². The minimum absolute atomic E-state index is 0.0431. The van der Waals surface area contributed by atoms with E-state index < -0.39 is 4.92 Å². The molecule has 2 amide bonds. The van der Waals surface area contributed by atoms with Crippen molar-refractivity contribution in [1.82, 2.24) is 15.6 Å². The molecular weight excluding hydrogens is 546 g/mol. The minimum atomic E-state index is -0.490. The Hall–Kier alpha value is -4.86. The SMILES string of the molecule is O=CCCCCCNC(=O)c1cccc2c(NCCCCCCNC(=O)c3ccc([N+](=O)[O-])cc3)c3ccccc3nc12. The van der Waals surface area contributed by atoms with Gasteiger partial charge in [0.15, 0.2) is 0 Å². The molecule has 0 fully saturated rings. The lowest BCUT2D eigenvalue weighted by molar-refractivity contribution is -0.384. The van der Waals surface area contributed by atoms with Crippen molar-refractivity contribution in [3.63, 3.8) is 0 Å². The zero-order valence-electron chi connectivity index (χ0n) is 24.1. The Bertz CT molecular complexity index is 1570. The van der Waals surface area contributed by atoms with Crippen LogP contribution in [0.15, 0.2) is 66.7 Å². The van der Waals surface area contributed by atoms with E-state index in [0.29, 0.717) is 36.2 Å². The maximum Gasteiger partial charge on any atom is 0.269 e. The van der Waals surface area contributed by atoms with E-state index in [4.69, 9.17) is 4.98 Å². The molecule has 0 unspecified atom stereocenters. The van der Waals surface area contributed by atoms with Gasteiger partial charge in [-0.3, -0.25) is 19.7 Å². The third kappa shape index (κ3) is 8.57. The minimum Gasteiger partial charge on any atom is -0.384 e. The Morgan fingerprint density at radius 3 is 2.12 bits per heavy atom. The number of nitro benzene ring substituents is 1. The number of pyridine rings is 1. The number of nitro groups is 1. The van der Waals surface area contributed by atoms with Crippen LogP contribution in [0.5, 0.6) is 0 Å². The van der Waals surface area contributed by atoms with Gasteiger partial charge in [0.05, 0.1) is 27.2 Å². The number of anilines is 1. The number of aldehydes is 1. The Labute approximate surface area is 250 Å². The lowest BCUT2D eigenvalue weighted by Crippen LogP contribution is -2.24. The number of aromatic nitrogens is 1. The van der Waals surface area contributed by atoms with Crippen LogP contribution in [0.25, 0.3) is 21.8 Å². The van der Waals surface area contributed by atoms with Gasteiger partial charge in [-0.1, -0.05) is 49.6 Å². The van der Waals surface area contributed by atoms with Gasteiger partial charge in [-0.05, 0) is 49.9 Å². The zero-order chi connectivity index (χ0) is 30.4. The van der Waals surface area contributed by atoms with Crippen LogP contribution in [0.1, 0.15) is 72.1 Å². The predicted molar refractivity (Wildman–Crippen MR) is 169 cm³/mol. The summed E-state index contributed by atoms with van der Waals surface area (Å²) in [5.41, 5.74) is 3.33. The molecule has 0 bridgehead atoms. The van der Waals surface area contributed by atoms with Gasteiger partial charge < -0.3 is 20.7 Å². The second-order valence-corrected chi connectivity index (χ2v) is 10.4. The first kappa shape index (κ1) is 31.1. The molecule has 1 heterocycles. The van der Waals surface area contributed by atoms with Crippen LogP contribution >= 0.6 is 0 Å². The van der Waals surface area contributed by atoms with Crippen molar-refractivity contribution in [1.29, 1.82) is 0 Å². The van der Waals surface area contributed by atoms with Gasteiger partial charge >= 0.3 is 0 Å². The van der Waals surface area contributed by atoms with E-state index in [9.17, 15) is 24.5 Å². The topological polar surface area (TPSA) is 143 Å². The standard InChI is InChI=1S/C33H37N5O5/c39-23-10-4-3-9-22-36-33(41)28-14-11-13-27-30(26-12-5-6-15-29(26)37-31(27)28)34-20-7-1-2-8-21-35-32(40)24-16-18-25(19-17-24)38(42)43/h5-6,11-19,23H,1-4,7-10,20-22H2,(H,34,37)(H,35,40)(H,36,41). The third-order valence-electron chi connectivity index (χ3n) is 7.27. The number of non-ortho nitro benzene ring substituents is 1. The highest BCUT2D eigenvalue weighted by Gasteiger charge is 2.16. The third-order valence-corrected chi connectivity index (χ3v) is 7.27. The van der Waals surface area contributed by atoms with E-state index in [1.165, 1.54) is 24.3 Å². The number of hydrogen-bond acceptors (Lipinski definition) is 7. The number of nitrogens with one attached hydrogen (secondary N) is 3. The van der Waals surface area contributed by atoms with E-state index in [1.54, 1.807) is 6.07 Å². The van der Waals surface area contributed by atoms with Gasteiger partial charge in [0, 0.05) is 54.5 Å². The summed E-state index contributed by atoms with van der Waals surface area (Å²) in [6, 6.07) is 19.1. The fraction of sp³-hybridized carbons (Fsp3) is 0.333. The molecule has 0 aliphatic heterocycles. The highest BCUT2D eigenvalue weighted by atomic mass is 16.6. The summed E-state index contributed by atoms with van der Waals surface area (Å²) in [6.45, 7) is 1.83. The number of unbranched alkanes of at least 4 members (excludes halogenated alkanes) is 6. The lowest BCUT2D eigenvalue weighted by Gasteiger charge is -2.15. The van der Waals surface area contributed by atoms with Crippen LogP contribution in [-0.4, -0.2) is 47.6 Å². The number of para-hydroxylation sites is 2. The van der Waals surface area contributed by atoms with Crippen LogP contribution < -0.4 is 16.0 Å². The highest BCUT2D eigenvalue weighted by Crippen LogP contribution is 2.32. The Balaban J connectivity index is 1.29. The molecule has 0 saturated heterocycles. The highest BCUT2D eigenvalue weighted by molar-refractivity contribution is 6.14. The van der Waals surface area contributed by atoms with Crippen molar-refractivity contribution < 1.29 is 19.3 Å². The van der Waals surface area contributed by atoms with Gasteiger partial charge in [-0.2, -0.15) is 0 Å². The van der Waals surface area contributed by atoms with Crippen molar-refractivity contribution in [3.05, 3.63) is 88.0 Å². The van der Waals surface area contributed by atoms with Crippen LogP contribution in [0.3, 0.4) is 0 Å². The van der Waals surface area contributed by atoms with Gasteiger partial charge in [0.2, 0.25) is 0 Å². The van der Waals surface area contributed by atoms with Crippen LogP contribution in [0.2, 0.25) is 0 Å². The Morgan fingerprint density at radius 1 is 0.744 bits per heavy atom. The molecule has 4 rings (SSSR count). The van der Waals surface area contributed by atoms with Gasteiger partial charge in [0.25, 0.3) is 17.5 Å². The van der Waals surface area contributed by atoms with Gasteiger partial charge in [-0.15, -0.1) is 0 Å². The summed E-state index contributed by atoms with van der Waals surface area (Å²) in [7, 11) is 0. The van der Waals surface area contributed by atoms with E-state index in [2.05, 4.69) is 16.0 Å². The van der Waals surface area contributed by atoms with E-state index in [1.807, 2.05) is 36.4 Å². The van der Waals surface area contributed by atoms with Crippen molar-refractivity contribution in [2.75, 3.05) is 25.0 Å². The molecule has 3 aromatic carbocycles. The van der Waals surface area contributed by atoms with Crippen molar-refractivity contribution in [2.45, 2.75) is 51.4 Å². The summed E-state index contributed by atoms with van der Waals surface area (Å²) in [4.78, 5) is 51.0. The van der Waals surface area contributed by atoms with Crippen molar-refractivity contribution in [3.8, 4) is 0 Å². The molecule has 0 aliphatic carbocycles. The number of carbonyl (C=O) groups excluding carboxylic acids is 3.